The lowest BCUT2D eigenvalue weighted by Crippen LogP contribution is -2.07. The van der Waals surface area contributed by atoms with E-state index in [2.05, 4.69) is 68.7 Å². The molecule has 0 saturated carbocycles. The molecule has 0 spiro atoms. The van der Waals surface area contributed by atoms with Crippen molar-refractivity contribution in [2.45, 2.75) is 6.92 Å². The van der Waals surface area contributed by atoms with Gasteiger partial charge in [0.25, 0.3) is 0 Å². The minimum absolute atomic E-state index is 0.0483. The molecule has 0 aliphatic carbocycles. The first-order valence-electron chi connectivity index (χ1n) is 5.40. The van der Waals surface area contributed by atoms with Crippen LogP contribution in [0.3, 0.4) is 0 Å². The fourth-order valence-electron chi connectivity index (χ4n) is 1.71. The lowest BCUT2D eigenvalue weighted by Gasteiger charge is -2.11. The van der Waals surface area contributed by atoms with E-state index < -0.39 is 0 Å². The first-order chi connectivity index (χ1) is 8.59. The molecule has 0 heterocycles. The number of hydrogen-bond donors (Lipinski definition) is 1. The van der Waals surface area contributed by atoms with Crippen molar-refractivity contribution in [3.05, 3.63) is 49.6 Å². The quantitative estimate of drug-likeness (QED) is 0.653. The van der Waals surface area contributed by atoms with Gasteiger partial charge in [-0.05, 0) is 68.4 Å². The van der Waals surface area contributed by atoms with E-state index in [9.17, 15) is 4.79 Å². The third-order valence-electron chi connectivity index (χ3n) is 2.47. The number of hydrogen-bond acceptors (Lipinski definition) is 1. The second kappa shape index (κ2) is 6.01. The van der Waals surface area contributed by atoms with Gasteiger partial charge in [0.1, 0.15) is 0 Å². The number of benzene rings is 2. The highest BCUT2D eigenvalue weighted by atomic mass is 127. The van der Waals surface area contributed by atoms with E-state index in [1.807, 2.05) is 24.3 Å². The molecule has 2 nitrogen and oxygen atoms in total. The van der Waals surface area contributed by atoms with Crippen LogP contribution < -0.4 is 5.32 Å². The highest BCUT2D eigenvalue weighted by molar-refractivity contribution is 14.1. The molecular weight excluding hydrogens is 452 g/mol. The van der Waals surface area contributed by atoms with Crippen LogP contribution in [0.15, 0.2) is 42.5 Å². The van der Waals surface area contributed by atoms with Crippen LogP contribution in [0.25, 0.3) is 11.1 Å². The Kier molecular flexibility index (Phi) is 4.60. The van der Waals surface area contributed by atoms with E-state index in [0.717, 1.165) is 14.8 Å². The summed E-state index contributed by atoms with van der Waals surface area (Å²) >= 11 is 4.60. The second-order valence-corrected chi connectivity index (χ2v) is 6.07. The minimum Gasteiger partial charge on any atom is -0.325 e. The summed E-state index contributed by atoms with van der Waals surface area (Å²) in [5.41, 5.74) is 3.20. The molecule has 2 rings (SSSR count). The average molecular weight is 463 g/mol. The SMILES string of the molecule is CC(=O)Nc1cccc(-c2ccccc2I)c1I. The number of carbonyl (C=O) groups is 1. The molecule has 18 heavy (non-hydrogen) atoms. The van der Waals surface area contributed by atoms with Gasteiger partial charge in [-0.25, -0.2) is 0 Å². The number of nitrogens with one attached hydrogen (secondary N) is 1. The lowest BCUT2D eigenvalue weighted by molar-refractivity contribution is -0.114. The van der Waals surface area contributed by atoms with Crippen molar-refractivity contribution in [3.8, 4) is 11.1 Å². The molecule has 0 saturated heterocycles. The monoisotopic (exact) mass is 463 g/mol. The predicted octanol–water partition coefficient (Wildman–Crippen LogP) is 4.52. The molecule has 92 valence electrons. The summed E-state index contributed by atoms with van der Waals surface area (Å²) in [6.45, 7) is 1.52. The van der Waals surface area contributed by atoms with Gasteiger partial charge in [-0.3, -0.25) is 4.79 Å². The first-order valence-corrected chi connectivity index (χ1v) is 7.56. The molecule has 0 bridgehead atoms. The fraction of sp³-hybridized carbons (Fsp3) is 0.0714. The van der Waals surface area contributed by atoms with Crippen LogP contribution in [0.5, 0.6) is 0 Å². The van der Waals surface area contributed by atoms with Crippen molar-refractivity contribution in [1.82, 2.24) is 0 Å². The lowest BCUT2D eigenvalue weighted by atomic mass is 10.1. The highest BCUT2D eigenvalue weighted by Gasteiger charge is 2.10. The maximum absolute atomic E-state index is 11.2. The van der Waals surface area contributed by atoms with Crippen molar-refractivity contribution in [1.29, 1.82) is 0 Å². The summed E-state index contributed by atoms with van der Waals surface area (Å²) in [6.07, 6.45) is 0. The number of rotatable bonds is 2. The zero-order valence-electron chi connectivity index (χ0n) is 9.71. The number of amides is 1. The summed E-state index contributed by atoms with van der Waals surface area (Å²) < 4.78 is 2.27. The molecule has 0 atom stereocenters. The van der Waals surface area contributed by atoms with Crippen LogP contribution in [0, 0.1) is 7.14 Å². The molecular formula is C14H11I2NO. The van der Waals surface area contributed by atoms with E-state index in [4.69, 9.17) is 0 Å². The Labute approximate surface area is 133 Å². The Bertz CT molecular complexity index is 596. The molecule has 0 radical (unpaired) electrons. The Hall–Kier alpha value is -0.630. The second-order valence-electron chi connectivity index (χ2n) is 3.83. The third kappa shape index (κ3) is 3.03. The summed E-state index contributed by atoms with van der Waals surface area (Å²) in [5, 5.41) is 2.85. The van der Waals surface area contributed by atoms with Gasteiger partial charge in [-0.15, -0.1) is 0 Å². The zero-order valence-corrected chi connectivity index (χ0v) is 14.0. The van der Waals surface area contributed by atoms with Crippen LogP contribution in [-0.4, -0.2) is 5.91 Å². The molecule has 0 fully saturated rings. The van der Waals surface area contributed by atoms with Gasteiger partial charge in [0, 0.05) is 14.1 Å². The van der Waals surface area contributed by atoms with Gasteiger partial charge >= 0.3 is 0 Å². The standard InChI is InChI=1S/C14H11I2NO/c1-9(18)17-13-8-4-6-11(14(13)16)10-5-2-3-7-12(10)15/h2-8H,1H3,(H,17,18). The van der Waals surface area contributed by atoms with Crippen LogP contribution in [0.2, 0.25) is 0 Å². The van der Waals surface area contributed by atoms with E-state index >= 15 is 0 Å². The molecule has 1 amide bonds. The molecule has 2 aromatic carbocycles. The Balaban J connectivity index is 2.53. The van der Waals surface area contributed by atoms with Crippen LogP contribution in [0.4, 0.5) is 5.69 Å². The Morgan fingerprint density at radius 2 is 1.67 bits per heavy atom. The average Bonchev–Trinajstić information content (AvgIpc) is 2.32. The van der Waals surface area contributed by atoms with E-state index in [-0.39, 0.29) is 5.91 Å². The molecule has 1 N–H and O–H groups in total. The minimum atomic E-state index is -0.0483. The Morgan fingerprint density at radius 1 is 1.00 bits per heavy atom. The van der Waals surface area contributed by atoms with Crippen molar-refractivity contribution < 1.29 is 4.79 Å². The van der Waals surface area contributed by atoms with Crippen molar-refractivity contribution in [2.24, 2.45) is 0 Å². The van der Waals surface area contributed by atoms with E-state index in [0.29, 0.717) is 0 Å². The number of carbonyl (C=O) groups excluding carboxylic acids is 1. The number of halogens is 2. The first kappa shape index (κ1) is 13.8. The number of anilines is 1. The maximum Gasteiger partial charge on any atom is 0.221 e. The van der Waals surface area contributed by atoms with Crippen LogP contribution in [0.1, 0.15) is 6.92 Å². The zero-order chi connectivity index (χ0) is 13.1. The molecule has 0 unspecified atom stereocenters. The fourth-order valence-corrected chi connectivity index (χ4v) is 3.17. The molecule has 4 heteroatoms. The van der Waals surface area contributed by atoms with Crippen molar-refractivity contribution in [3.63, 3.8) is 0 Å². The predicted molar refractivity (Wildman–Crippen MR) is 91.6 cm³/mol. The highest BCUT2D eigenvalue weighted by Crippen LogP contribution is 2.33. The van der Waals surface area contributed by atoms with E-state index in [1.165, 1.54) is 16.1 Å². The maximum atomic E-state index is 11.2. The van der Waals surface area contributed by atoms with Gasteiger partial charge < -0.3 is 5.32 Å². The van der Waals surface area contributed by atoms with Gasteiger partial charge in [0.2, 0.25) is 5.91 Å². The topological polar surface area (TPSA) is 29.1 Å². The van der Waals surface area contributed by atoms with E-state index in [1.54, 1.807) is 0 Å². The summed E-state index contributed by atoms with van der Waals surface area (Å²) in [7, 11) is 0. The normalized spacial score (nSPS) is 10.2. The van der Waals surface area contributed by atoms with Crippen LogP contribution in [-0.2, 0) is 4.79 Å². The van der Waals surface area contributed by atoms with Gasteiger partial charge in [-0.2, -0.15) is 0 Å². The van der Waals surface area contributed by atoms with Gasteiger partial charge in [-0.1, -0.05) is 30.3 Å². The van der Waals surface area contributed by atoms with Crippen molar-refractivity contribution >= 4 is 56.8 Å². The molecule has 2 aromatic rings. The largest absolute Gasteiger partial charge is 0.325 e. The van der Waals surface area contributed by atoms with Gasteiger partial charge in [0.15, 0.2) is 0 Å². The third-order valence-corrected chi connectivity index (χ3v) is 4.58. The Morgan fingerprint density at radius 3 is 2.33 bits per heavy atom. The summed E-state index contributed by atoms with van der Waals surface area (Å²) in [6, 6.07) is 14.2. The van der Waals surface area contributed by atoms with Crippen molar-refractivity contribution in [2.75, 3.05) is 5.32 Å². The summed E-state index contributed by atoms with van der Waals surface area (Å²) in [5.74, 6) is -0.0483. The van der Waals surface area contributed by atoms with Crippen LogP contribution >= 0.6 is 45.2 Å². The molecule has 0 aliphatic rings. The molecule has 0 aromatic heterocycles. The van der Waals surface area contributed by atoms with Gasteiger partial charge in [0.05, 0.1) is 5.69 Å². The smallest absolute Gasteiger partial charge is 0.221 e. The molecule has 0 aliphatic heterocycles. The summed E-state index contributed by atoms with van der Waals surface area (Å²) in [4.78, 5) is 11.2.